The van der Waals surface area contributed by atoms with Crippen molar-refractivity contribution in [3.63, 3.8) is 0 Å². The molecular formula is C19H18ClN3O2S. The zero-order valence-electron chi connectivity index (χ0n) is 14.3. The number of carbonyl (C=O) groups excluding carboxylic acids is 1. The fourth-order valence-electron chi connectivity index (χ4n) is 2.90. The predicted molar refractivity (Wildman–Crippen MR) is 103 cm³/mol. The molecule has 0 radical (unpaired) electrons. The smallest absolute Gasteiger partial charge is 0.234 e. The minimum atomic E-state index is -0.209. The van der Waals surface area contributed by atoms with E-state index in [1.165, 1.54) is 18.9 Å². The number of anilines is 1. The first kappa shape index (κ1) is 18.6. The Morgan fingerprint density at radius 3 is 2.96 bits per heavy atom. The molecule has 3 rings (SSSR count). The number of carbonyl (C=O) groups is 1. The molecule has 0 saturated heterocycles. The molecule has 2 aromatic rings. The van der Waals surface area contributed by atoms with Crippen LogP contribution in [-0.4, -0.2) is 23.8 Å². The molecule has 1 aliphatic carbocycles. The van der Waals surface area contributed by atoms with Crippen molar-refractivity contribution in [3.05, 3.63) is 46.1 Å². The number of rotatable bonds is 5. The van der Waals surface area contributed by atoms with Crippen molar-refractivity contribution in [2.24, 2.45) is 0 Å². The second kappa shape index (κ2) is 8.43. The zero-order valence-corrected chi connectivity index (χ0v) is 15.9. The number of ether oxygens (including phenoxy) is 1. The van der Waals surface area contributed by atoms with Crippen LogP contribution in [0.2, 0.25) is 5.02 Å². The Hall–Kier alpha value is -2.23. The van der Waals surface area contributed by atoms with Crippen LogP contribution in [0.5, 0.6) is 5.75 Å². The lowest BCUT2D eigenvalue weighted by Crippen LogP contribution is -2.15. The maximum atomic E-state index is 12.3. The monoisotopic (exact) mass is 387 g/mol. The summed E-state index contributed by atoms with van der Waals surface area (Å²) in [7, 11) is 1.53. The van der Waals surface area contributed by atoms with Gasteiger partial charge in [-0.3, -0.25) is 4.79 Å². The largest absolute Gasteiger partial charge is 0.495 e. The topological polar surface area (TPSA) is 75.0 Å². The molecule has 1 N–H and O–H groups in total. The lowest BCUT2D eigenvalue weighted by molar-refractivity contribution is -0.113. The van der Waals surface area contributed by atoms with Gasteiger partial charge < -0.3 is 10.1 Å². The van der Waals surface area contributed by atoms with Crippen molar-refractivity contribution in [1.29, 1.82) is 5.26 Å². The number of benzene rings is 1. The Morgan fingerprint density at radius 2 is 2.19 bits per heavy atom. The fourth-order valence-corrected chi connectivity index (χ4v) is 3.85. The highest BCUT2D eigenvalue weighted by Gasteiger charge is 2.17. The first-order chi connectivity index (χ1) is 12.6. The van der Waals surface area contributed by atoms with Crippen LogP contribution in [0.1, 0.15) is 29.7 Å². The van der Waals surface area contributed by atoms with Gasteiger partial charge in [0.25, 0.3) is 0 Å². The Kier molecular flexibility index (Phi) is 6.02. The summed E-state index contributed by atoms with van der Waals surface area (Å²) in [5.41, 5.74) is 3.26. The van der Waals surface area contributed by atoms with Crippen LogP contribution in [0.3, 0.4) is 0 Å². The van der Waals surface area contributed by atoms with Gasteiger partial charge in [-0.05, 0) is 55.5 Å². The summed E-state index contributed by atoms with van der Waals surface area (Å²) in [4.78, 5) is 16.9. The second-order valence-electron chi connectivity index (χ2n) is 5.95. The van der Waals surface area contributed by atoms with Crippen LogP contribution < -0.4 is 10.1 Å². The van der Waals surface area contributed by atoms with E-state index in [0.717, 1.165) is 36.9 Å². The molecule has 0 saturated carbocycles. The summed E-state index contributed by atoms with van der Waals surface area (Å²) in [6, 6.07) is 9.14. The van der Waals surface area contributed by atoms with E-state index >= 15 is 0 Å². The Balaban J connectivity index is 1.70. The normalized spacial score (nSPS) is 12.8. The number of aryl methyl sites for hydroxylation is 2. The molecule has 1 aromatic heterocycles. The van der Waals surface area contributed by atoms with Gasteiger partial charge in [0.15, 0.2) is 0 Å². The average Bonchev–Trinajstić information content (AvgIpc) is 2.65. The number of hydrogen-bond donors (Lipinski definition) is 1. The molecule has 5 nitrogen and oxygen atoms in total. The SMILES string of the molecule is COc1ccc(Cl)cc1NC(=O)CSc1nc2c(cc1C#N)CCCC2. The molecule has 0 spiro atoms. The van der Waals surface area contributed by atoms with Gasteiger partial charge in [0, 0.05) is 10.7 Å². The van der Waals surface area contributed by atoms with Gasteiger partial charge in [0.2, 0.25) is 5.91 Å². The number of fused-ring (bicyclic) bond motifs is 1. The van der Waals surface area contributed by atoms with Crippen molar-refractivity contribution in [2.45, 2.75) is 30.7 Å². The van der Waals surface area contributed by atoms with Gasteiger partial charge in [-0.15, -0.1) is 0 Å². The number of aromatic nitrogens is 1. The van der Waals surface area contributed by atoms with Crippen molar-refractivity contribution in [1.82, 2.24) is 4.98 Å². The van der Waals surface area contributed by atoms with Gasteiger partial charge in [-0.1, -0.05) is 23.4 Å². The van der Waals surface area contributed by atoms with Crippen LogP contribution in [-0.2, 0) is 17.6 Å². The van der Waals surface area contributed by atoms with Crippen molar-refractivity contribution < 1.29 is 9.53 Å². The van der Waals surface area contributed by atoms with Crippen LogP contribution >= 0.6 is 23.4 Å². The minimum absolute atomic E-state index is 0.149. The third-order valence-electron chi connectivity index (χ3n) is 4.16. The van der Waals surface area contributed by atoms with E-state index < -0.39 is 0 Å². The highest BCUT2D eigenvalue weighted by Crippen LogP contribution is 2.29. The molecule has 1 aromatic carbocycles. The van der Waals surface area contributed by atoms with Crippen LogP contribution in [0, 0.1) is 11.3 Å². The molecule has 1 aliphatic rings. The fraction of sp³-hybridized carbons (Fsp3) is 0.316. The molecule has 7 heteroatoms. The Bertz CT molecular complexity index is 880. The minimum Gasteiger partial charge on any atom is -0.495 e. The molecule has 134 valence electrons. The second-order valence-corrected chi connectivity index (χ2v) is 7.35. The highest BCUT2D eigenvalue weighted by molar-refractivity contribution is 8.00. The van der Waals surface area contributed by atoms with Gasteiger partial charge in [-0.25, -0.2) is 4.98 Å². The number of amides is 1. The lowest BCUT2D eigenvalue weighted by Gasteiger charge is -2.16. The molecule has 0 unspecified atom stereocenters. The van der Waals surface area contributed by atoms with Gasteiger partial charge in [0.05, 0.1) is 24.1 Å². The van der Waals surface area contributed by atoms with Gasteiger partial charge >= 0.3 is 0 Å². The maximum absolute atomic E-state index is 12.3. The standard InChI is InChI=1S/C19H18ClN3O2S/c1-25-17-7-6-14(20)9-16(17)22-18(24)11-26-19-13(10-21)8-12-4-2-3-5-15(12)23-19/h6-9H,2-5,11H2,1H3,(H,22,24). The predicted octanol–water partition coefficient (Wildman–Crippen LogP) is 4.22. The Labute approximate surface area is 161 Å². The van der Waals surface area contributed by atoms with E-state index in [9.17, 15) is 10.1 Å². The van der Waals surface area contributed by atoms with E-state index in [1.54, 1.807) is 18.2 Å². The molecule has 0 bridgehead atoms. The maximum Gasteiger partial charge on any atom is 0.234 e. The number of nitrogens with one attached hydrogen (secondary N) is 1. The average molecular weight is 388 g/mol. The van der Waals surface area contributed by atoms with E-state index in [-0.39, 0.29) is 11.7 Å². The number of nitriles is 1. The summed E-state index contributed by atoms with van der Waals surface area (Å²) in [6.07, 6.45) is 4.15. The first-order valence-corrected chi connectivity index (χ1v) is 9.66. The van der Waals surface area contributed by atoms with Crippen LogP contribution in [0.15, 0.2) is 29.3 Å². The van der Waals surface area contributed by atoms with E-state index in [0.29, 0.717) is 27.0 Å². The van der Waals surface area contributed by atoms with Crippen LogP contribution in [0.25, 0.3) is 0 Å². The number of hydrogen-bond acceptors (Lipinski definition) is 5. The van der Waals surface area contributed by atoms with Gasteiger partial charge in [-0.2, -0.15) is 5.26 Å². The van der Waals surface area contributed by atoms with Gasteiger partial charge in [0.1, 0.15) is 16.8 Å². The van der Waals surface area contributed by atoms with E-state index in [2.05, 4.69) is 16.4 Å². The molecule has 26 heavy (non-hydrogen) atoms. The molecule has 0 fully saturated rings. The lowest BCUT2D eigenvalue weighted by atomic mass is 9.95. The number of thioether (sulfide) groups is 1. The quantitative estimate of drug-likeness (QED) is 0.777. The van der Waals surface area contributed by atoms with Crippen molar-refractivity contribution in [3.8, 4) is 11.8 Å². The summed E-state index contributed by atoms with van der Waals surface area (Å²) in [5.74, 6) is 0.479. The third-order valence-corrected chi connectivity index (χ3v) is 5.39. The molecule has 0 atom stereocenters. The summed E-state index contributed by atoms with van der Waals surface area (Å²) < 4.78 is 5.23. The number of methoxy groups -OCH3 is 1. The molecule has 0 aliphatic heterocycles. The Morgan fingerprint density at radius 1 is 1.38 bits per heavy atom. The van der Waals surface area contributed by atoms with Crippen LogP contribution in [0.4, 0.5) is 5.69 Å². The third kappa shape index (κ3) is 4.29. The summed E-state index contributed by atoms with van der Waals surface area (Å²) in [5, 5.41) is 13.3. The first-order valence-electron chi connectivity index (χ1n) is 8.30. The number of halogens is 1. The van der Waals surface area contributed by atoms with E-state index in [4.69, 9.17) is 16.3 Å². The number of nitrogens with zero attached hydrogens (tertiary/aromatic N) is 2. The number of pyridine rings is 1. The van der Waals surface area contributed by atoms with Crippen molar-refractivity contribution >= 4 is 35.0 Å². The summed E-state index contributed by atoms with van der Waals surface area (Å²) in [6.45, 7) is 0. The zero-order chi connectivity index (χ0) is 18.5. The molecule has 1 amide bonds. The molecular weight excluding hydrogens is 370 g/mol. The highest BCUT2D eigenvalue weighted by atomic mass is 35.5. The van der Waals surface area contributed by atoms with Crippen molar-refractivity contribution in [2.75, 3.05) is 18.2 Å². The summed E-state index contributed by atoms with van der Waals surface area (Å²) >= 11 is 7.25. The van der Waals surface area contributed by atoms with E-state index in [1.807, 2.05) is 6.07 Å². The molecule has 1 heterocycles.